The molecule has 0 radical (unpaired) electrons. The summed E-state index contributed by atoms with van der Waals surface area (Å²) in [5.41, 5.74) is 17.6. The Hall–Kier alpha value is -5.72. The number of rotatable bonds is 9. The van der Waals surface area contributed by atoms with Crippen molar-refractivity contribution >= 4 is 43.3 Å². The van der Waals surface area contributed by atoms with Gasteiger partial charge in [0.1, 0.15) is 5.82 Å². The standard InChI is InChI=1S/C35H30FN5O5S/c36-27-8-3-9-29(18-27)47(45,46)20-28(42)19-41-32-12-10-23(21-4-1-6-25(14-21)34(37)39-43)16-30(32)31-17-24(11-13-33(31)41)22-5-2-7-26(15-22)35(38)40-44/h1-18,28,42-44H,19-20H2,(H2,37,39)(H2,38,40). The van der Waals surface area contributed by atoms with Crippen LogP contribution in [-0.4, -0.2) is 52.0 Å². The molecule has 0 aliphatic rings. The monoisotopic (exact) mass is 651 g/mol. The van der Waals surface area contributed by atoms with Crippen molar-refractivity contribution < 1.29 is 28.3 Å². The molecule has 0 amide bonds. The fraction of sp³-hybridized carbons (Fsp3) is 0.0857. The van der Waals surface area contributed by atoms with Gasteiger partial charge in [0.2, 0.25) is 0 Å². The maximum absolute atomic E-state index is 13.8. The van der Waals surface area contributed by atoms with Crippen LogP contribution in [0.5, 0.6) is 0 Å². The summed E-state index contributed by atoms with van der Waals surface area (Å²) >= 11 is 0. The highest BCUT2D eigenvalue weighted by Crippen LogP contribution is 2.36. The molecule has 0 aliphatic carbocycles. The number of benzene rings is 5. The van der Waals surface area contributed by atoms with E-state index in [4.69, 9.17) is 11.5 Å². The first-order chi connectivity index (χ1) is 22.6. The van der Waals surface area contributed by atoms with Gasteiger partial charge in [-0.15, -0.1) is 0 Å². The first kappa shape index (κ1) is 31.3. The van der Waals surface area contributed by atoms with Gasteiger partial charge >= 0.3 is 0 Å². The average Bonchev–Trinajstić information content (AvgIpc) is 3.39. The smallest absolute Gasteiger partial charge is 0.181 e. The molecule has 6 aromatic rings. The number of oxime groups is 2. The van der Waals surface area contributed by atoms with Gasteiger partial charge in [-0.25, -0.2) is 12.8 Å². The quantitative estimate of drug-likeness (QED) is 0.0610. The van der Waals surface area contributed by atoms with E-state index >= 15 is 0 Å². The van der Waals surface area contributed by atoms with Crippen molar-refractivity contribution in [2.45, 2.75) is 17.5 Å². The Morgan fingerprint density at radius 3 is 1.68 bits per heavy atom. The fourth-order valence-corrected chi connectivity index (χ4v) is 7.15. The summed E-state index contributed by atoms with van der Waals surface area (Å²) in [7, 11) is -3.98. The number of aliphatic hydroxyl groups excluding tert-OH is 1. The minimum Gasteiger partial charge on any atom is -0.409 e. The van der Waals surface area contributed by atoms with Crippen molar-refractivity contribution in [1.29, 1.82) is 0 Å². The molecule has 7 N–H and O–H groups in total. The summed E-state index contributed by atoms with van der Waals surface area (Å²) in [4.78, 5) is -0.198. The second-order valence-corrected chi connectivity index (χ2v) is 13.1. The van der Waals surface area contributed by atoms with Crippen LogP contribution in [0.2, 0.25) is 0 Å². The Bertz CT molecular complexity index is 2200. The molecule has 0 fully saturated rings. The van der Waals surface area contributed by atoms with Gasteiger partial charge in [-0.2, -0.15) is 0 Å². The van der Waals surface area contributed by atoms with Gasteiger partial charge in [0.05, 0.1) is 23.3 Å². The van der Waals surface area contributed by atoms with Gasteiger partial charge in [0, 0.05) is 32.9 Å². The molecule has 12 heteroatoms. The van der Waals surface area contributed by atoms with E-state index in [1.807, 2.05) is 53.1 Å². The lowest BCUT2D eigenvalue weighted by molar-refractivity contribution is 0.179. The molecular weight excluding hydrogens is 621 g/mol. The third kappa shape index (κ3) is 6.24. The number of nitrogens with zero attached hydrogens (tertiary/aromatic N) is 3. The average molecular weight is 652 g/mol. The number of sulfone groups is 1. The maximum Gasteiger partial charge on any atom is 0.181 e. The highest BCUT2D eigenvalue weighted by atomic mass is 32.2. The number of aliphatic hydroxyl groups is 1. The van der Waals surface area contributed by atoms with E-state index in [2.05, 4.69) is 10.3 Å². The van der Waals surface area contributed by atoms with E-state index in [0.717, 1.165) is 56.2 Å². The predicted molar refractivity (Wildman–Crippen MR) is 180 cm³/mol. The lowest BCUT2D eigenvalue weighted by Gasteiger charge is -2.15. The molecule has 0 spiro atoms. The van der Waals surface area contributed by atoms with Crippen LogP contribution in [0.25, 0.3) is 44.1 Å². The minimum atomic E-state index is -3.98. The van der Waals surface area contributed by atoms with Gasteiger partial charge in [0.15, 0.2) is 21.5 Å². The van der Waals surface area contributed by atoms with E-state index in [-0.39, 0.29) is 23.1 Å². The number of hydrogen-bond acceptors (Lipinski definition) is 7. The van der Waals surface area contributed by atoms with Crippen LogP contribution in [0.15, 0.2) is 124 Å². The summed E-state index contributed by atoms with van der Waals surface area (Å²) in [5.74, 6) is -1.33. The Labute approximate surface area is 269 Å². The highest BCUT2D eigenvalue weighted by molar-refractivity contribution is 7.91. The molecule has 0 saturated carbocycles. The van der Waals surface area contributed by atoms with Gasteiger partial charge in [-0.05, 0) is 76.9 Å². The van der Waals surface area contributed by atoms with Crippen LogP contribution in [0.3, 0.4) is 0 Å². The molecule has 1 unspecified atom stereocenters. The van der Waals surface area contributed by atoms with Crippen LogP contribution < -0.4 is 11.5 Å². The lowest BCUT2D eigenvalue weighted by Crippen LogP contribution is -2.25. The molecule has 47 heavy (non-hydrogen) atoms. The number of fused-ring (bicyclic) bond motifs is 3. The molecular formula is C35H30FN5O5S. The Morgan fingerprint density at radius 2 is 1.19 bits per heavy atom. The van der Waals surface area contributed by atoms with Gasteiger partial charge < -0.3 is 31.6 Å². The summed E-state index contributed by atoms with van der Waals surface area (Å²) < 4.78 is 41.7. The van der Waals surface area contributed by atoms with Crippen LogP contribution in [0.1, 0.15) is 11.1 Å². The zero-order valence-electron chi connectivity index (χ0n) is 24.8. The fourth-order valence-electron chi connectivity index (χ4n) is 5.76. The largest absolute Gasteiger partial charge is 0.409 e. The van der Waals surface area contributed by atoms with E-state index in [1.54, 1.807) is 36.4 Å². The molecule has 238 valence electrons. The molecule has 1 aromatic heterocycles. The lowest BCUT2D eigenvalue weighted by atomic mass is 9.98. The zero-order valence-corrected chi connectivity index (χ0v) is 25.6. The first-order valence-electron chi connectivity index (χ1n) is 14.5. The number of hydrogen-bond donors (Lipinski definition) is 5. The van der Waals surface area contributed by atoms with Crippen molar-refractivity contribution in [2.75, 3.05) is 5.75 Å². The van der Waals surface area contributed by atoms with Gasteiger partial charge in [-0.1, -0.05) is 64.9 Å². The Morgan fingerprint density at radius 1 is 0.702 bits per heavy atom. The topological polar surface area (TPSA) is 177 Å². The van der Waals surface area contributed by atoms with Gasteiger partial charge in [-0.3, -0.25) is 0 Å². The van der Waals surface area contributed by atoms with E-state index in [1.165, 1.54) is 12.1 Å². The van der Waals surface area contributed by atoms with Crippen molar-refractivity contribution in [1.82, 2.24) is 4.57 Å². The Balaban J connectivity index is 1.47. The number of nitrogens with two attached hydrogens (primary N) is 2. The highest BCUT2D eigenvalue weighted by Gasteiger charge is 2.23. The van der Waals surface area contributed by atoms with E-state index in [0.29, 0.717) is 11.1 Å². The van der Waals surface area contributed by atoms with E-state index < -0.39 is 27.5 Å². The van der Waals surface area contributed by atoms with Crippen LogP contribution in [0, 0.1) is 5.82 Å². The number of amidine groups is 2. The molecule has 1 heterocycles. The number of aromatic nitrogens is 1. The molecule has 5 aromatic carbocycles. The SMILES string of the molecule is N/C(=N\O)c1cccc(-c2ccc3c(c2)c2cc(-c4cccc(/C(N)=N/O)c4)ccc2n3CC(O)CS(=O)(=O)c2cccc(F)c2)c1. The summed E-state index contributed by atoms with van der Waals surface area (Å²) in [6, 6.07) is 30.8. The maximum atomic E-state index is 13.8. The minimum absolute atomic E-state index is 0.0227. The molecule has 1 atom stereocenters. The van der Waals surface area contributed by atoms with Gasteiger partial charge in [0.25, 0.3) is 0 Å². The third-order valence-corrected chi connectivity index (χ3v) is 9.82. The second-order valence-electron chi connectivity index (χ2n) is 11.1. The van der Waals surface area contributed by atoms with Crippen molar-refractivity contribution in [3.8, 4) is 22.3 Å². The van der Waals surface area contributed by atoms with Crippen LogP contribution >= 0.6 is 0 Å². The normalized spacial score (nSPS) is 13.3. The van der Waals surface area contributed by atoms with Crippen molar-refractivity contribution in [2.24, 2.45) is 21.8 Å². The summed E-state index contributed by atoms with van der Waals surface area (Å²) in [6.07, 6.45) is -1.31. The number of halogens is 1. The first-order valence-corrected chi connectivity index (χ1v) is 16.1. The third-order valence-electron chi connectivity index (χ3n) is 8.02. The summed E-state index contributed by atoms with van der Waals surface area (Å²) in [6.45, 7) is -0.0504. The van der Waals surface area contributed by atoms with Crippen LogP contribution in [0.4, 0.5) is 4.39 Å². The molecule has 6 rings (SSSR count). The van der Waals surface area contributed by atoms with Crippen molar-refractivity contribution in [3.63, 3.8) is 0 Å². The molecule has 10 nitrogen and oxygen atoms in total. The van der Waals surface area contributed by atoms with E-state index in [9.17, 15) is 28.3 Å². The zero-order chi connectivity index (χ0) is 33.3. The summed E-state index contributed by atoms with van der Waals surface area (Å²) in [5, 5.41) is 37.3. The van der Waals surface area contributed by atoms with Crippen LogP contribution in [-0.2, 0) is 16.4 Å². The molecule has 0 saturated heterocycles. The van der Waals surface area contributed by atoms with Crippen molar-refractivity contribution in [3.05, 3.63) is 126 Å². The Kier molecular flexibility index (Phi) is 8.37. The molecule has 0 bridgehead atoms. The predicted octanol–water partition coefficient (Wildman–Crippen LogP) is 5.29. The molecule has 0 aliphatic heterocycles. The second kappa shape index (κ2) is 12.6.